The number of rotatable bonds is 0. The molecule has 0 radical (unpaired) electrons. The van der Waals surface area contributed by atoms with Crippen LogP contribution in [0.4, 0.5) is 0 Å². The quantitative estimate of drug-likeness (QED) is 0.548. The normalized spacial score (nSPS) is 48.3. The highest BCUT2D eigenvalue weighted by molar-refractivity contribution is 5.13. The highest BCUT2D eigenvalue weighted by Gasteiger charge is 2.68. The van der Waals surface area contributed by atoms with Gasteiger partial charge in [-0.3, -0.25) is 0 Å². The SMILES string of the molecule is CC.CC1CC2(C)C(CCC23OCCO3)C2CCC3CCCCC3(C)C12.CN. The zero-order valence-corrected chi connectivity index (χ0v) is 19.6. The van der Waals surface area contributed by atoms with Crippen LogP contribution in [0.1, 0.15) is 92.4 Å². The van der Waals surface area contributed by atoms with E-state index in [1.807, 2.05) is 13.8 Å². The maximum absolute atomic E-state index is 6.31. The first-order valence-corrected chi connectivity index (χ1v) is 12.4. The van der Waals surface area contributed by atoms with Gasteiger partial charge in [-0.2, -0.15) is 0 Å². The molecular weight excluding hydrogens is 346 g/mol. The average molecular weight is 394 g/mol. The molecule has 7 atom stereocenters. The fourth-order valence-electron chi connectivity index (χ4n) is 8.88. The first kappa shape index (κ1) is 22.6. The standard InChI is InChI=1S/C22H36O2.C2H6.CH5N/c1-15-14-21(3)18(9-11-22(21)23-12-13-24-22)17-8-7-16-6-4-5-10-20(16,2)19(15)17;2*1-2/h15-19H,4-14H2,1-3H3;1-2H3;2H2,1H3. The maximum Gasteiger partial charge on any atom is 0.174 e. The van der Waals surface area contributed by atoms with Crippen molar-refractivity contribution in [3.05, 3.63) is 0 Å². The molecule has 1 heterocycles. The minimum atomic E-state index is -0.235. The lowest BCUT2D eigenvalue weighted by molar-refractivity contribution is -0.255. The number of nitrogens with two attached hydrogens (primary N) is 1. The summed E-state index contributed by atoms with van der Waals surface area (Å²) in [6.45, 7) is 13.4. The van der Waals surface area contributed by atoms with Crippen molar-refractivity contribution in [2.75, 3.05) is 20.3 Å². The van der Waals surface area contributed by atoms with Gasteiger partial charge in [0.1, 0.15) is 0 Å². The monoisotopic (exact) mass is 393 g/mol. The molecule has 1 spiro atoms. The molecule has 1 saturated heterocycles. The number of fused-ring (bicyclic) bond motifs is 6. The zero-order chi connectivity index (χ0) is 20.6. The van der Waals surface area contributed by atoms with E-state index in [0.29, 0.717) is 5.41 Å². The van der Waals surface area contributed by atoms with E-state index in [-0.39, 0.29) is 11.2 Å². The van der Waals surface area contributed by atoms with Crippen LogP contribution in [0.2, 0.25) is 0 Å². The van der Waals surface area contributed by atoms with Gasteiger partial charge < -0.3 is 15.2 Å². The highest BCUT2D eigenvalue weighted by Crippen LogP contribution is 2.70. The smallest absolute Gasteiger partial charge is 0.174 e. The summed E-state index contributed by atoms with van der Waals surface area (Å²) in [7, 11) is 1.50. The molecule has 164 valence electrons. The Labute approximate surface area is 174 Å². The second-order valence-electron chi connectivity index (χ2n) is 10.4. The Balaban J connectivity index is 0.000000531. The molecule has 5 aliphatic rings. The van der Waals surface area contributed by atoms with E-state index in [4.69, 9.17) is 9.47 Å². The van der Waals surface area contributed by atoms with E-state index >= 15 is 0 Å². The lowest BCUT2D eigenvalue weighted by atomic mass is 9.42. The van der Waals surface area contributed by atoms with Crippen molar-refractivity contribution in [3.63, 3.8) is 0 Å². The molecule has 0 bridgehead atoms. The van der Waals surface area contributed by atoms with Gasteiger partial charge in [-0.1, -0.05) is 47.5 Å². The second kappa shape index (κ2) is 8.55. The van der Waals surface area contributed by atoms with Gasteiger partial charge in [-0.05, 0) is 80.6 Å². The molecule has 7 unspecified atom stereocenters. The molecular formula is C25H47NO2. The molecule has 4 aliphatic carbocycles. The van der Waals surface area contributed by atoms with E-state index in [0.717, 1.165) is 49.2 Å². The van der Waals surface area contributed by atoms with Gasteiger partial charge in [0.25, 0.3) is 0 Å². The molecule has 0 amide bonds. The van der Waals surface area contributed by atoms with E-state index in [1.165, 1.54) is 58.4 Å². The fourth-order valence-corrected chi connectivity index (χ4v) is 8.88. The van der Waals surface area contributed by atoms with Crippen molar-refractivity contribution < 1.29 is 9.47 Å². The molecule has 1 aliphatic heterocycles. The Kier molecular flexibility index (Phi) is 6.89. The Bertz CT molecular complexity index is 517. The van der Waals surface area contributed by atoms with Crippen LogP contribution in [0.5, 0.6) is 0 Å². The molecule has 5 rings (SSSR count). The van der Waals surface area contributed by atoms with Gasteiger partial charge in [0.2, 0.25) is 0 Å². The van der Waals surface area contributed by atoms with E-state index in [1.54, 1.807) is 0 Å². The largest absolute Gasteiger partial charge is 0.347 e. The predicted octanol–water partition coefficient (Wildman–Crippen LogP) is 6.01. The summed E-state index contributed by atoms with van der Waals surface area (Å²) in [6, 6.07) is 0. The molecule has 2 N–H and O–H groups in total. The van der Waals surface area contributed by atoms with Crippen LogP contribution < -0.4 is 5.73 Å². The van der Waals surface area contributed by atoms with Gasteiger partial charge in [-0.15, -0.1) is 0 Å². The number of hydrogen-bond donors (Lipinski definition) is 1. The summed E-state index contributed by atoms with van der Waals surface area (Å²) in [4.78, 5) is 0. The molecule has 5 fully saturated rings. The second-order valence-corrected chi connectivity index (χ2v) is 10.4. The summed E-state index contributed by atoms with van der Waals surface area (Å²) in [5, 5.41) is 0. The molecule has 0 aromatic carbocycles. The predicted molar refractivity (Wildman–Crippen MR) is 117 cm³/mol. The van der Waals surface area contributed by atoms with Crippen molar-refractivity contribution in [2.45, 2.75) is 98.2 Å². The van der Waals surface area contributed by atoms with Gasteiger partial charge >= 0.3 is 0 Å². The van der Waals surface area contributed by atoms with E-state index in [2.05, 4.69) is 26.5 Å². The molecule has 3 heteroatoms. The molecule has 4 saturated carbocycles. The van der Waals surface area contributed by atoms with Crippen LogP contribution >= 0.6 is 0 Å². The Morgan fingerprint density at radius 3 is 2.21 bits per heavy atom. The number of hydrogen-bond acceptors (Lipinski definition) is 3. The van der Waals surface area contributed by atoms with Crippen molar-refractivity contribution in [1.29, 1.82) is 0 Å². The Morgan fingerprint density at radius 2 is 1.54 bits per heavy atom. The van der Waals surface area contributed by atoms with Crippen LogP contribution in [0.3, 0.4) is 0 Å². The summed E-state index contributed by atoms with van der Waals surface area (Å²) < 4.78 is 12.6. The summed E-state index contributed by atoms with van der Waals surface area (Å²) in [6.07, 6.45) is 12.7. The van der Waals surface area contributed by atoms with Crippen LogP contribution in [-0.4, -0.2) is 26.0 Å². The lowest BCUT2D eigenvalue weighted by Crippen LogP contribution is -2.59. The summed E-state index contributed by atoms with van der Waals surface area (Å²) in [5.74, 6) is 4.30. The third kappa shape index (κ3) is 3.10. The Morgan fingerprint density at radius 1 is 0.857 bits per heavy atom. The average Bonchev–Trinajstić information content (AvgIpc) is 3.30. The molecule has 0 aromatic heterocycles. The highest BCUT2D eigenvalue weighted by atomic mass is 16.7. The Hall–Kier alpha value is -0.120. The van der Waals surface area contributed by atoms with Crippen LogP contribution in [-0.2, 0) is 9.47 Å². The van der Waals surface area contributed by atoms with Crippen molar-refractivity contribution >= 4 is 0 Å². The van der Waals surface area contributed by atoms with Crippen LogP contribution in [0.25, 0.3) is 0 Å². The van der Waals surface area contributed by atoms with Gasteiger partial charge in [0.05, 0.1) is 13.2 Å². The van der Waals surface area contributed by atoms with Gasteiger partial charge in [0.15, 0.2) is 5.79 Å². The third-order valence-electron chi connectivity index (χ3n) is 9.62. The van der Waals surface area contributed by atoms with E-state index < -0.39 is 0 Å². The van der Waals surface area contributed by atoms with Crippen molar-refractivity contribution in [3.8, 4) is 0 Å². The van der Waals surface area contributed by atoms with Gasteiger partial charge in [0, 0.05) is 11.8 Å². The van der Waals surface area contributed by atoms with Crippen LogP contribution in [0, 0.1) is 40.4 Å². The third-order valence-corrected chi connectivity index (χ3v) is 9.62. The van der Waals surface area contributed by atoms with Crippen molar-refractivity contribution in [1.82, 2.24) is 0 Å². The minimum Gasteiger partial charge on any atom is -0.347 e. The molecule has 3 nitrogen and oxygen atoms in total. The number of ether oxygens (including phenoxy) is 2. The fraction of sp³-hybridized carbons (Fsp3) is 1.00. The van der Waals surface area contributed by atoms with Crippen LogP contribution in [0.15, 0.2) is 0 Å². The van der Waals surface area contributed by atoms with Crippen molar-refractivity contribution in [2.24, 2.45) is 46.2 Å². The topological polar surface area (TPSA) is 44.5 Å². The minimum absolute atomic E-state index is 0.235. The molecule has 0 aromatic rings. The maximum atomic E-state index is 6.31. The summed E-state index contributed by atoms with van der Waals surface area (Å²) >= 11 is 0. The van der Waals surface area contributed by atoms with Gasteiger partial charge in [-0.25, -0.2) is 0 Å². The van der Waals surface area contributed by atoms with E-state index in [9.17, 15) is 0 Å². The first-order chi connectivity index (χ1) is 13.5. The lowest BCUT2D eigenvalue weighted by Gasteiger charge is -2.63. The first-order valence-electron chi connectivity index (χ1n) is 12.4. The molecule has 28 heavy (non-hydrogen) atoms. The summed E-state index contributed by atoms with van der Waals surface area (Å²) in [5.41, 5.74) is 5.37. The zero-order valence-electron chi connectivity index (χ0n) is 19.6.